The van der Waals surface area contributed by atoms with Gasteiger partial charge >= 0.3 is 0 Å². The second kappa shape index (κ2) is 4.80. The monoisotopic (exact) mass is 270 g/mol. The molecule has 1 atom stereocenters. The molecule has 0 amide bonds. The molecular weight excluding hydrogens is 252 g/mol. The fraction of sp³-hybridized carbons (Fsp3) is 0.312. The molecule has 4 heteroatoms. The Labute approximate surface area is 117 Å². The number of fused-ring (bicyclic) bond motifs is 1. The van der Waals surface area contributed by atoms with Gasteiger partial charge in [-0.1, -0.05) is 18.6 Å². The van der Waals surface area contributed by atoms with E-state index >= 15 is 0 Å². The normalized spacial score (nSPS) is 13.0. The largest absolute Gasteiger partial charge is 0.458 e. The molecule has 0 radical (unpaired) electrons. The minimum atomic E-state index is -0.791. The molecule has 0 bridgehead atoms. The van der Waals surface area contributed by atoms with Crippen LogP contribution in [0.15, 0.2) is 34.7 Å². The van der Waals surface area contributed by atoms with Crippen molar-refractivity contribution in [1.82, 2.24) is 9.78 Å². The Morgan fingerprint density at radius 1 is 1.30 bits per heavy atom. The minimum absolute atomic E-state index is 0.552. The second-order valence-electron chi connectivity index (χ2n) is 5.13. The van der Waals surface area contributed by atoms with Crippen molar-refractivity contribution in [1.29, 1.82) is 0 Å². The molecule has 2 aromatic heterocycles. The summed E-state index contributed by atoms with van der Waals surface area (Å²) in [6.45, 7) is 4.08. The molecule has 0 aliphatic heterocycles. The zero-order valence-corrected chi connectivity index (χ0v) is 11.9. The van der Waals surface area contributed by atoms with Crippen LogP contribution in [0, 0.1) is 6.92 Å². The Bertz CT molecular complexity index is 755. The van der Waals surface area contributed by atoms with E-state index in [0.717, 1.165) is 28.8 Å². The molecule has 3 aromatic rings. The van der Waals surface area contributed by atoms with Crippen LogP contribution in [0.2, 0.25) is 0 Å². The molecule has 20 heavy (non-hydrogen) atoms. The number of benzene rings is 1. The molecule has 104 valence electrons. The molecule has 0 spiro atoms. The van der Waals surface area contributed by atoms with Gasteiger partial charge in [0.25, 0.3) is 0 Å². The van der Waals surface area contributed by atoms with Gasteiger partial charge in [0, 0.05) is 12.4 Å². The number of rotatable bonds is 3. The lowest BCUT2D eigenvalue weighted by molar-refractivity contribution is 0.183. The Morgan fingerprint density at radius 3 is 2.80 bits per heavy atom. The van der Waals surface area contributed by atoms with E-state index in [1.165, 1.54) is 5.56 Å². The second-order valence-corrected chi connectivity index (χ2v) is 5.13. The third kappa shape index (κ3) is 2.12. The summed E-state index contributed by atoms with van der Waals surface area (Å²) in [5.41, 5.74) is 3.68. The standard InChI is InChI=1S/C16H18N2O2/c1-4-12-9-13(18(3)17-12)16(19)15-8-11-7-10(2)5-6-14(11)20-15/h5-9,16,19H,4H2,1-3H3. The highest BCUT2D eigenvalue weighted by molar-refractivity contribution is 5.78. The Kier molecular flexibility index (Phi) is 3.10. The van der Waals surface area contributed by atoms with Crippen molar-refractivity contribution in [3.63, 3.8) is 0 Å². The van der Waals surface area contributed by atoms with Gasteiger partial charge in [0.2, 0.25) is 0 Å². The fourth-order valence-corrected chi connectivity index (χ4v) is 2.44. The van der Waals surface area contributed by atoms with Crippen LogP contribution in [-0.4, -0.2) is 14.9 Å². The third-order valence-corrected chi connectivity index (χ3v) is 3.57. The van der Waals surface area contributed by atoms with Gasteiger partial charge in [-0.25, -0.2) is 0 Å². The average molecular weight is 270 g/mol. The summed E-state index contributed by atoms with van der Waals surface area (Å²) < 4.78 is 7.46. The first-order chi connectivity index (χ1) is 9.58. The summed E-state index contributed by atoms with van der Waals surface area (Å²) in [6, 6.07) is 9.80. The van der Waals surface area contributed by atoms with Crippen molar-refractivity contribution < 1.29 is 9.52 Å². The average Bonchev–Trinajstić information content (AvgIpc) is 3.00. The maximum Gasteiger partial charge on any atom is 0.153 e. The molecule has 0 aliphatic carbocycles. The van der Waals surface area contributed by atoms with Gasteiger partial charge in [0.05, 0.1) is 11.4 Å². The number of hydrogen-bond donors (Lipinski definition) is 1. The van der Waals surface area contributed by atoms with E-state index in [1.807, 2.05) is 45.2 Å². The van der Waals surface area contributed by atoms with E-state index in [-0.39, 0.29) is 0 Å². The minimum Gasteiger partial charge on any atom is -0.458 e. The van der Waals surface area contributed by atoms with Gasteiger partial charge in [0.15, 0.2) is 6.10 Å². The molecule has 1 unspecified atom stereocenters. The van der Waals surface area contributed by atoms with E-state index in [4.69, 9.17) is 4.42 Å². The Balaban J connectivity index is 2.02. The number of aromatic nitrogens is 2. The molecule has 3 rings (SSSR count). The molecule has 4 nitrogen and oxygen atoms in total. The van der Waals surface area contributed by atoms with Crippen LogP contribution in [0.4, 0.5) is 0 Å². The predicted octanol–water partition coefficient (Wildman–Crippen LogP) is 3.12. The van der Waals surface area contributed by atoms with Crippen LogP contribution in [0.25, 0.3) is 11.0 Å². The summed E-state index contributed by atoms with van der Waals surface area (Å²) in [5, 5.41) is 15.9. The molecule has 0 saturated carbocycles. The number of furan rings is 1. The summed E-state index contributed by atoms with van der Waals surface area (Å²) in [4.78, 5) is 0. The van der Waals surface area contributed by atoms with Crippen molar-refractivity contribution in [2.45, 2.75) is 26.4 Å². The molecule has 1 N–H and O–H groups in total. The van der Waals surface area contributed by atoms with E-state index in [0.29, 0.717) is 5.76 Å². The topological polar surface area (TPSA) is 51.2 Å². The van der Waals surface area contributed by atoms with Crippen molar-refractivity contribution in [2.24, 2.45) is 7.05 Å². The fourth-order valence-electron chi connectivity index (χ4n) is 2.44. The number of aliphatic hydroxyl groups excluding tert-OH is 1. The summed E-state index contributed by atoms with van der Waals surface area (Å²) in [6.07, 6.45) is 0.0559. The van der Waals surface area contributed by atoms with E-state index in [9.17, 15) is 5.11 Å². The highest BCUT2D eigenvalue weighted by atomic mass is 16.4. The number of aryl methyl sites for hydroxylation is 3. The summed E-state index contributed by atoms with van der Waals surface area (Å²) >= 11 is 0. The lowest BCUT2D eigenvalue weighted by Gasteiger charge is -2.07. The molecular formula is C16H18N2O2. The van der Waals surface area contributed by atoms with Gasteiger partial charge in [-0.05, 0) is 37.6 Å². The first kappa shape index (κ1) is 12.9. The molecule has 1 aromatic carbocycles. The van der Waals surface area contributed by atoms with Gasteiger partial charge < -0.3 is 9.52 Å². The Morgan fingerprint density at radius 2 is 2.10 bits per heavy atom. The van der Waals surface area contributed by atoms with Gasteiger partial charge in [-0.2, -0.15) is 5.10 Å². The van der Waals surface area contributed by atoms with Crippen LogP contribution in [-0.2, 0) is 13.5 Å². The van der Waals surface area contributed by atoms with E-state index < -0.39 is 6.10 Å². The Hall–Kier alpha value is -2.07. The van der Waals surface area contributed by atoms with Crippen molar-refractivity contribution in [3.05, 3.63) is 53.0 Å². The lowest BCUT2D eigenvalue weighted by atomic mass is 10.1. The maximum absolute atomic E-state index is 10.5. The third-order valence-electron chi connectivity index (χ3n) is 3.57. The molecule has 0 saturated heterocycles. The van der Waals surface area contributed by atoms with Gasteiger partial charge in [-0.3, -0.25) is 4.68 Å². The zero-order chi connectivity index (χ0) is 14.3. The molecule has 2 heterocycles. The summed E-state index contributed by atoms with van der Waals surface area (Å²) in [7, 11) is 1.84. The van der Waals surface area contributed by atoms with Crippen molar-refractivity contribution in [2.75, 3.05) is 0 Å². The van der Waals surface area contributed by atoms with Crippen LogP contribution in [0.3, 0.4) is 0 Å². The van der Waals surface area contributed by atoms with Crippen LogP contribution < -0.4 is 0 Å². The van der Waals surface area contributed by atoms with Crippen molar-refractivity contribution in [3.8, 4) is 0 Å². The van der Waals surface area contributed by atoms with Crippen molar-refractivity contribution >= 4 is 11.0 Å². The number of nitrogens with zero attached hydrogens (tertiary/aromatic N) is 2. The quantitative estimate of drug-likeness (QED) is 0.795. The highest BCUT2D eigenvalue weighted by Gasteiger charge is 2.19. The van der Waals surface area contributed by atoms with E-state index in [1.54, 1.807) is 4.68 Å². The maximum atomic E-state index is 10.5. The van der Waals surface area contributed by atoms with E-state index in [2.05, 4.69) is 11.2 Å². The number of aliphatic hydroxyl groups is 1. The van der Waals surface area contributed by atoms with Crippen LogP contribution in [0.1, 0.15) is 35.7 Å². The van der Waals surface area contributed by atoms with Gasteiger partial charge in [-0.15, -0.1) is 0 Å². The smallest absolute Gasteiger partial charge is 0.153 e. The van der Waals surface area contributed by atoms with Crippen LogP contribution in [0.5, 0.6) is 0 Å². The zero-order valence-electron chi connectivity index (χ0n) is 11.9. The van der Waals surface area contributed by atoms with Gasteiger partial charge in [0.1, 0.15) is 11.3 Å². The SMILES string of the molecule is CCc1cc(C(O)c2cc3cc(C)ccc3o2)n(C)n1. The summed E-state index contributed by atoms with van der Waals surface area (Å²) in [5.74, 6) is 0.552. The molecule has 0 fully saturated rings. The highest BCUT2D eigenvalue weighted by Crippen LogP contribution is 2.28. The first-order valence-electron chi connectivity index (χ1n) is 6.79. The lowest BCUT2D eigenvalue weighted by Crippen LogP contribution is -2.05. The first-order valence-corrected chi connectivity index (χ1v) is 6.79. The van der Waals surface area contributed by atoms with Crippen LogP contribution >= 0.6 is 0 Å². The predicted molar refractivity (Wildman–Crippen MR) is 77.6 cm³/mol. The molecule has 0 aliphatic rings. The number of hydrogen-bond acceptors (Lipinski definition) is 3.